The molecule has 0 amide bonds. The summed E-state index contributed by atoms with van der Waals surface area (Å²) in [6, 6.07) is 11.3. The molecule has 0 fully saturated rings. The number of fused-ring (bicyclic) bond motifs is 1. The van der Waals surface area contributed by atoms with Crippen molar-refractivity contribution in [3.63, 3.8) is 0 Å². The predicted molar refractivity (Wildman–Crippen MR) is 83.2 cm³/mol. The van der Waals surface area contributed by atoms with Gasteiger partial charge in [0.15, 0.2) is 0 Å². The molecular formula is C17H17BrFN. The summed E-state index contributed by atoms with van der Waals surface area (Å²) in [5, 5.41) is 0. The summed E-state index contributed by atoms with van der Waals surface area (Å²) in [7, 11) is 0. The summed E-state index contributed by atoms with van der Waals surface area (Å²) < 4.78 is 14.7. The highest BCUT2D eigenvalue weighted by Gasteiger charge is 2.15. The molecule has 0 aliphatic heterocycles. The third-order valence-corrected chi connectivity index (χ3v) is 4.47. The molecule has 104 valence electrons. The minimum Gasteiger partial charge on any atom is -0.324 e. The zero-order valence-electron chi connectivity index (χ0n) is 11.2. The third kappa shape index (κ3) is 2.79. The fraction of sp³-hybridized carbons (Fsp3) is 0.294. The highest BCUT2D eigenvalue weighted by Crippen LogP contribution is 2.26. The molecule has 0 saturated carbocycles. The number of hydrogen-bond donors (Lipinski definition) is 1. The number of hydrogen-bond acceptors (Lipinski definition) is 1. The number of nitrogens with two attached hydrogens (primary N) is 1. The van der Waals surface area contributed by atoms with Gasteiger partial charge in [0.1, 0.15) is 5.82 Å². The second-order valence-corrected chi connectivity index (χ2v) is 6.35. The fourth-order valence-corrected chi connectivity index (χ4v) is 3.25. The Balaban J connectivity index is 1.80. The lowest BCUT2D eigenvalue weighted by molar-refractivity contribution is 0.579. The Bertz CT molecular complexity index is 639. The van der Waals surface area contributed by atoms with E-state index in [2.05, 4.69) is 34.1 Å². The lowest BCUT2D eigenvalue weighted by Gasteiger charge is -2.14. The van der Waals surface area contributed by atoms with E-state index >= 15 is 0 Å². The van der Waals surface area contributed by atoms with Crippen LogP contribution in [0, 0.1) is 5.82 Å². The van der Waals surface area contributed by atoms with Crippen molar-refractivity contribution in [2.24, 2.45) is 5.73 Å². The Kier molecular flexibility index (Phi) is 3.90. The third-order valence-electron chi connectivity index (χ3n) is 3.98. The van der Waals surface area contributed by atoms with Crippen molar-refractivity contribution in [2.75, 3.05) is 0 Å². The molecule has 3 rings (SSSR count). The van der Waals surface area contributed by atoms with Gasteiger partial charge in [-0.05, 0) is 54.5 Å². The molecule has 0 spiro atoms. The van der Waals surface area contributed by atoms with Crippen LogP contribution in [0.15, 0.2) is 40.9 Å². The molecule has 0 bridgehead atoms. The van der Waals surface area contributed by atoms with E-state index in [1.54, 1.807) is 6.07 Å². The predicted octanol–water partition coefficient (Wildman–Crippen LogP) is 4.32. The average molecular weight is 334 g/mol. The van der Waals surface area contributed by atoms with Gasteiger partial charge in [-0.3, -0.25) is 0 Å². The summed E-state index contributed by atoms with van der Waals surface area (Å²) >= 11 is 3.27. The second-order valence-electron chi connectivity index (χ2n) is 5.43. The maximum Gasteiger partial charge on any atom is 0.129 e. The van der Waals surface area contributed by atoms with E-state index in [0.717, 1.165) is 10.9 Å². The van der Waals surface area contributed by atoms with Gasteiger partial charge < -0.3 is 5.73 Å². The second kappa shape index (κ2) is 5.66. The Morgan fingerprint density at radius 2 is 1.90 bits per heavy atom. The zero-order chi connectivity index (χ0) is 14.1. The molecule has 2 aromatic carbocycles. The van der Waals surface area contributed by atoms with Crippen LogP contribution in [0.25, 0.3) is 0 Å². The molecule has 1 nitrogen and oxygen atoms in total. The van der Waals surface area contributed by atoms with Crippen LogP contribution in [-0.4, -0.2) is 0 Å². The topological polar surface area (TPSA) is 26.0 Å². The van der Waals surface area contributed by atoms with Crippen molar-refractivity contribution in [1.82, 2.24) is 0 Å². The maximum absolute atomic E-state index is 13.9. The first-order valence-electron chi connectivity index (χ1n) is 6.94. The standard InChI is InChI=1S/C17H17BrFN/c18-14-6-7-15(16(19)10-14)17(20)9-11-4-5-12-2-1-3-13(12)8-11/h4-8,10,17H,1-3,9,20H2. The largest absolute Gasteiger partial charge is 0.324 e. The number of benzene rings is 2. The van der Waals surface area contributed by atoms with E-state index in [1.165, 1.54) is 35.6 Å². The minimum atomic E-state index is -0.303. The first-order valence-corrected chi connectivity index (χ1v) is 7.74. The van der Waals surface area contributed by atoms with E-state index in [0.29, 0.717) is 12.0 Å². The molecule has 2 aromatic rings. The normalized spacial score (nSPS) is 15.2. The number of halogens is 2. The van der Waals surface area contributed by atoms with Crippen molar-refractivity contribution < 1.29 is 4.39 Å². The van der Waals surface area contributed by atoms with Crippen molar-refractivity contribution in [3.05, 3.63) is 68.9 Å². The lowest BCUT2D eigenvalue weighted by Crippen LogP contribution is -2.15. The van der Waals surface area contributed by atoms with Gasteiger partial charge >= 0.3 is 0 Å². The average Bonchev–Trinajstić information content (AvgIpc) is 2.85. The van der Waals surface area contributed by atoms with Crippen LogP contribution in [0.1, 0.15) is 34.7 Å². The molecule has 1 aliphatic carbocycles. The Labute approximate surface area is 127 Å². The van der Waals surface area contributed by atoms with E-state index in [9.17, 15) is 4.39 Å². The molecule has 0 aromatic heterocycles. The van der Waals surface area contributed by atoms with E-state index in [1.807, 2.05) is 6.07 Å². The van der Waals surface area contributed by atoms with Gasteiger partial charge in [-0.2, -0.15) is 0 Å². The molecule has 0 heterocycles. The number of rotatable bonds is 3. The molecule has 0 radical (unpaired) electrons. The van der Waals surface area contributed by atoms with Crippen molar-refractivity contribution in [1.29, 1.82) is 0 Å². The zero-order valence-corrected chi connectivity index (χ0v) is 12.8. The van der Waals surface area contributed by atoms with Crippen LogP contribution in [0.3, 0.4) is 0 Å². The number of aryl methyl sites for hydroxylation is 2. The summed E-state index contributed by atoms with van der Waals surface area (Å²) in [6.45, 7) is 0. The van der Waals surface area contributed by atoms with Crippen LogP contribution >= 0.6 is 15.9 Å². The highest BCUT2D eigenvalue weighted by molar-refractivity contribution is 9.10. The van der Waals surface area contributed by atoms with Crippen molar-refractivity contribution in [3.8, 4) is 0 Å². The lowest BCUT2D eigenvalue weighted by atomic mass is 9.97. The van der Waals surface area contributed by atoms with Crippen LogP contribution in [-0.2, 0) is 19.3 Å². The van der Waals surface area contributed by atoms with Crippen LogP contribution in [0.2, 0.25) is 0 Å². The molecular weight excluding hydrogens is 317 g/mol. The first kappa shape index (κ1) is 13.8. The molecule has 0 saturated heterocycles. The fourth-order valence-electron chi connectivity index (χ4n) is 2.92. The SMILES string of the molecule is NC(Cc1ccc2c(c1)CCC2)c1ccc(Br)cc1F. The quantitative estimate of drug-likeness (QED) is 0.889. The summed E-state index contributed by atoms with van der Waals surface area (Å²) in [6.07, 6.45) is 4.26. The van der Waals surface area contributed by atoms with Crippen LogP contribution in [0.5, 0.6) is 0 Å². The molecule has 1 aliphatic rings. The summed E-state index contributed by atoms with van der Waals surface area (Å²) in [5.41, 5.74) is 10.8. The Morgan fingerprint density at radius 3 is 2.70 bits per heavy atom. The van der Waals surface area contributed by atoms with Gasteiger partial charge in [0, 0.05) is 16.1 Å². The summed E-state index contributed by atoms with van der Waals surface area (Å²) in [5.74, 6) is -0.243. The molecule has 3 heteroatoms. The monoisotopic (exact) mass is 333 g/mol. The molecule has 2 N–H and O–H groups in total. The van der Waals surface area contributed by atoms with Gasteiger partial charge in [0.25, 0.3) is 0 Å². The van der Waals surface area contributed by atoms with E-state index in [-0.39, 0.29) is 11.9 Å². The van der Waals surface area contributed by atoms with Gasteiger partial charge in [0.05, 0.1) is 0 Å². The summed E-state index contributed by atoms with van der Waals surface area (Å²) in [4.78, 5) is 0. The Morgan fingerprint density at radius 1 is 1.10 bits per heavy atom. The van der Waals surface area contributed by atoms with Crippen molar-refractivity contribution in [2.45, 2.75) is 31.7 Å². The van der Waals surface area contributed by atoms with Gasteiger partial charge in [0.2, 0.25) is 0 Å². The van der Waals surface area contributed by atoms with E-state index in [4.69, 9.17) is 5.73 Å². The molecule has 20 heavy (non-hydrogen) atoms. The van der Waals surface area contributed by atoms with Gasteiger partial charge in [-0.15, -0.1) is 0 Å². The smallest absolute Gasteiger partial charge is 0.129 e. The Hall–Kier alpha value is -1.19. The maximum atomic E-state index is 13.9. The highest BCUT2D eigenvalue weighted by atomic mass is 79.9. The first-order chi connectivity index (χ1) is 9.63. The molecule has 1 atom stereocenters. The minimum absolute atomic E-state index is 0.243. The van der Waals surface area contributed by atoms with Crippen LogP contribution < -0.4 is 5.73 Å². The van der Waals surface area contributed by atoms with E-state index < -0.39 is 0 Å². The van der Waals surface area contributed by atoms with Gasteiger partial charge in [-0.25, -0.2) is 4.39 Å². The van der Waals surface area contributed by atoms with Crippen LogP contribution in [0.4, 0.5) is 4.39 Å². The molecule has 1 unspecified atom stereocenters. The van der Waals surface area contributed by atoms with Crippen molar-refractivity contribution >= 4 is 15.9 Å². The van der Waals surface area contributed by atoms with Gasteiger partial charge in [-0.1, -0.05) is 40.2 Å².